The van der Waals surface area contributed by atoms with E-state index in [0.29, 0.717) is 0 Å². The number of benzene rings is 1. The average Bonchev–Trinajstić information content (AvgIpc) is 2.46. The fourth-order valence-corrected chi connectivity index (χ4v) is 2.03. The van der Waals surface area contributed by atoms with Crippen LogP contribution in [0.25, 0.3) is 0 Å². The van der Waals surface area contributed by atoms with Gasteiger partial charge in [-0.2, -0.15) is 0 Å². The first-order chi connectivity index (χ1) is 6.68. The molecule has 0 N–H and O–H groups in total. The summed E-state index contributed by atoms with van der Waals surface area (Å²) in [6.45, 7) is 4.17. The van der Waals surface area contributed by atoms with Crippen LogP contribution in [0.2, 0.25) is 0 Å². The molecule has 2 rings (SSSR count). The lowest BCUT2D eigenvalue weighted by molar-refractivity contribution is 0.624. The first-order valence-electron chi connectivity index (χ1n) is 4.79. The molecule has 0 atom stereocenters. The molecule has 0 aliphatic heterocycles. The van der Waals surface area contributed by atoms with Crippen LogP contribution in [0.15, 0.2) is 47.6 Å². The lowest BCUT2D eigenvalue weighted by atomic mass is 9.90. The van der Waals surface area contributed by atoms with Crippen molar-refractivity contribution in [2.45, 2.75) is 19.8 Å². The second-order valence-electron chi connectivity index (χ2n) is 3.81. The molecule has 0 fully saturated rings. The van der Waals surface area contributed by atoms with Gasteiger partial charge in [-0.25, -0.2) is 4.39 Å². The molecular formula is C13H13F. The van der Waals surface area contributed by atoms with Crippen molar-refractivity contribution >= 4 is 0 Å². The highest BCUT2D eigenvalue weighted by molar-refractivity contribution is 5.44. The second-order valence-corrected chi connectivity index (χ2v) is 3.81. The molecule has 1 aromatic carbocycles. The van der Waals surface area contributed by atoms with E-state index in [4.69, 9.17) is 0 Å². The van der Waals surface area contributed by atoms with Gasteiger partial charge in [-0.05, 0) is 31.5 Å². The molecule has 0 bridgehead atoms. The van der Waals surface area contributed by atoms with Crippen LogP contribution in [0.4, 0.5) is 4.39 Å². The van der Waals surface area contributed by atoms with Gasteiger partial charge in [0.1, 0.15) is 5.82 Å². The number of hydrogen-bond donors (Lipinski definition) is 0. The van der Waals surface area contributed by atoms with Crippen LogP contribution >= 0.6 is 0 Å². The van der Waals surface area contributed by atoms with E-state index in [0.717, 1.165) is 5.56 Å². The molecular weight excluding hydrogens is 175 g/mol. The molecule has 1 heteroatoms. The third kappa shape index (κ3) is 1.50. The smallest absolute Gasteiger partial charge is 0.123 e. The standard InChI is InChI=1S/C13H13F/c1-9-6-7-10(2)13(9)11-4-3-5-12(14)8-11/h3-8,13H,1-2H3. The van der Waals surface area contributed by atoms with Gasteiger partial charge in [-0.15, -0.1) is 0 Å². The fraction of sp³-hybridized carbons (Fsp3) is 0.231. The summed E-state index contributed by atoms with van der Waals surface area (Å²) in [6, 6.07) is 6.85. The SMILES string of the molecule is CC1=CC=C(C)C1c1cccc(F)c1. The maximum absolute atomic E-state index is 13.0. The molecule has 14 heavy (non-hydrogen) atoms. The Kier molecular flexibility index (Phi) is 2.24. The van der Waals surface area contributed by atoms with E-state index in [1.54, 1.807) is 12.1 Å². The summed E-state index contributed by atoms with van der Waals surface area (Å²) in [6.07, 6.45) is 4.20. The molecule has 0 spiro atoms. The summed E-state index contributed by atoms with van der Waals surface area (Å²) in [7, 11) is 0. The molecule has 0 saturated heterocycles. The van der Waals surface area contributed by atoms with Gasteiger partial charge in [0.05, 0.1) is 0 Å². The van der Waals surface area contributed by atoms with E-state index < -0.39 is 0 Å². The number of hydrogen-bond acceptors (Lipinski definition) is 0. The fourth-order valence-electron chi connectivity index (χ4n) is 2.03. The van der Waals surface area contributed by atoms with Gasteiger partial charge in [-0.3, -0.25) is 0 Å². The Bertz CT molecular complexity index is 395. The largest absolute Gasteiger partial charge is 0.207 e. The number of rotatable bonds is 1. The molecule has 72 valence electrons. The van der Waals surface area contributed by atoms with Gasteiger partial charge >= 0.3 is 0 Å². The van der Waals surface area contributed by atoms with Gasteiger partial charge in [0.2, 0.25) is 0 Å². The highest BCUT2D eigenvalue weighted by Gasteiger charge is 2.18. The lowest BCUT2D eigenvalue weighted by Gasteiger charge is -2.14. The molecule has 0 unspecified atom stereocenters. The van der Waals surface area contributed by atoms with E-state index in [1.165, 1.54) is 17.2 Å². The zero-order valence-corrected chi connectivity index (χ0v) is 8.42. The van der Waals surface area contributed by atoms with Crippen molar-refractivity contribution in [1.82, 2.24) is 0 Å². The third-order valence-electron chi connectivity index (χ3n) is 2.70. The Balaban J connectivity index is 2.41. The van der Waals surface area contributed by atoms with Crippen LogP contribution in [0.1, 0.15) is 25.3 Å². The van der Waals surface area contributed by atoms with E-state index in [1.807, 2.05) is 6.07 Å². The van der Waals surface area contributed by atoms with Crippen molar-refractivity contribution in [3.63, 3.8) is 0 Å². The van der Waals surface area contributed by atoms with Gasteiger partial charge in [-0.1, -0.05) is 35.4 Å². The minimum Gasteiger partial charge on any atom is -0.207 e. The molecule has 1 aliphatic carbocycles. The lowest BCUT2D eigenvalue weighted by Crippen LogP contribution is -1.98. The summed E-state index contributed by atoms with van der Waals surface area (Å²) in [5, 5.41) is 0. The molecule has 0 radical (unpaired) electrons. The monoisotopic (exact) mass is 188 g/mol. The molecule has 0 aromatic heterocycles. The van der Waals surface area contributed by atoms with Crippen molar-refractivity contribution in [1.29, 1.82) is 0 Å². The second kappa shape index (κ2) is 3.41. The molecule has 0 saturated carbocycles. The Morgan fingerprint density at radius 1 is 1.07 bits per heavy atom. The van der Waals surface area contributed by atoms with Crippen LogP contribution < -0.4 is 0 Å². The van der Waals surface area contributed by atoms with Crippen molar-refractivity contribution < 1.29 is 4.39 Å². The molecule has 1 aliphatic rings. The van der Waals surface area contributed by atoms with Crippen molar-refractivity contribution in [2.75, 3.05) is 0 Å². The van der Waals surface area contributed by atoms with E-state index >= 15 is 0 Å². The van der Waals surface area contributed by atoms with Gasteiger partial charge in [0, 0.05) is 5.92 Å². The Morgan fingerprint density at radius 3 is 2.29 bits per heavy atom. The van der Waals surface area contributed by atoms with Crippen molar-refractivity contribution in [3.8, 4) is 0 Å². The maximum Gasteiger partial charge on any atom is 0.123 e. The van der Waals surface area contributed by atoms with E-state index in [2.05, 4.69) is 26.0 Å². The average molecular weight is 188 g/mol. The molecule has 0 heterocycles. The summed E-state index contributed by atoms with van der Waals surface area (Å²) in [4.78, 5) is 0. The highest BCUT2D eigenvalue weighted by Crippen LogP contribution is 2.35. The Morgan fingerprint density at radius 2 is 1.71 bits per heavy atom. The van der Waals surface area contributed by atoms with Crippen LogP contribution in [-0.2, 0) is 0 Å². The predicted molar refractivity (Wildman–Crippen MR) is 56.7 cm³/mol. The van der Waals surface area contributed by atoms with Gasteiger partial charge < -0.3 is 0 Å². The number of allylic oxidation sites excluding steroid dienone is 4. The predicted octanol–water partition coefficient (Wildman–Crippen LogP) is 3.82. The zero-order chi connectivity index (χ0) is 10.1. The summed E-state index contributed by atoms with van der Waals surface area (Å²) in [5.74, 6) is 0.126. The molecule has 0 nitrogen and oxygen atoms in total. The minimum absolute atomic E-state index is 0.157. The summed E-state index contributed by atoms with van der Waals surface area (Å²) >= 11 is 0. The maximum atomic E-state index is 13.0. The molecule has 1 aromatic rings. The van der Waals surface area contributed by atoms with Gasteiger partial charge in [0.15, 0.2) is 0 Å². The summed E-state index contributed by atoms with van der Waals surface area (Å²) < 4.78 is 13.0. The first-order valence-corrected chi connectivity index (χ1v) is 4.79. The molecule has 0 amide bonds. The van der Waals surface area contributed by atoms with Gasteiger partial charge in [0.25, 0.3) is 0 Å². The first kappa shape index (κ1) is 9.20. The normalized spacial score (nSPS) is 16.8. The van der Waals surface area contributed by atoms with E-state index in [-0.39, 0.29) is 11.7 Å². The highest BCUT2D eigenvalue weighted by atomic mass is 19.1. The van der Waals surface area contributed by atoms with E-state index in [9.17, 15) is 4.39 Å². The van der Waals surface area contributed by atoms with Crippen molar-refractivity contribution in [3.05, 3.63) is 58.9 Å². The Labute approximate surface area is 83.8 Å². The topological polar surface area (TPSA) is 0 Å². The van der Waals surface area contributed by atoms with Crippen LogP contribution in [0.5, 0.6) is 0 Å². The van der Waals surface area contributed by atoms with Crippen LogP contribution in [-0.4, -0.2) is 0 Å². The minimum atomic E-state index is -0.157. The van der Waals surface area contributed by atoms with Crippen LogP contribution in [0.3, 0.4) is 0 Å². The van der Waals surface area contributed by atoms with Crippen molar-refractivity contribution in [2.24, 2.45) is 0 Å². The van der Waals surface area contributed by atoms with Crippen LogP contribution in [0, 0.1) is 5.82 Å². The quantitative estimate of drug-likeness (QED) is 0.628. The number of halogens is 1. The summed E-state index contributed by atoms with van der Waals surface area (Å²) in [5.41, 5.74) is 3.62. The Hall–Kier alpha value is -1.37. The third-order valence-corrected chi connectivity index (χ3v) is 2.70. The zero-order valence-electron chi connectivity index (χ0n) is 8.42.